The van der Waals surface area contributed by atoms with Crippen LogP contribution in [0.4, 0.5) is 0 Å². The fourth-order valence-corrected chi connectivity index (χ4v) is 1.51. The Bertz CT molecular complexity index is 532. The lowest BCUT2D eigenvalue weighted by molar-refractivity contribution is 0.0464. The maximum absolute atomic E-state index is 11.9. The van der Waals surface area contributed by atoms with Crippen LogP contribution in [0.15, 0.2) is 48.7 Å². The summed E-state index contributed by atoms with van der Waals surface area (Å²) in [5.41, 5.74) is 1.12. The van der Waals surface area contributed by atoms with Gasteiger partial charge in [-0.15, -0.1) is 0 Å². The van der Waals surface area contributed by atoms with Gasteiger partial charge in [0.15, 0.2) is 0 Å². The molecule has 0 saturated carbocycles. The van der Waals surface area contributed by atoms with Gasteiger partial charge in [0.2, 0.25) is 0 Å². The van der Waals surface area contributed by atoms with Crippen molar-refractivity contribution in [3.05, 3.63) is 59.9 Å². The molecule has 0 aliphatic heterocycles. The number of esters is 1. The van der Waals surface area contributed by atoms with Crippen molar-refractivity contribution in [1.82, 2.24) is 4.98 Å². The van der Waals surface area contributed by atoms with Crippen molar-refractivity contribution in [1.29, 1.82) is 0 Å². The number of aromatic nitrogens is 1. The molecule has 0 fully saturated rings. The van der Waals surface area contributed by atoms with Crippen LogP contribution in [0.3, 0.4) is 0 Å². The molecule has 0 unspecified atom stereocenters. The van der Waals surface area contributed by atoms with E-state index in [9.17, 15) is 4.79 Å². The first-order valence-corrected chi connectivity index (χ1v) is 8.05. The Morgan fingerprint density at radius 1 is 1.15 bits per heavy atom. The van der Waals surface area contributed by atoms with Gasteiger partial charge in [0.05, 0.1) is 12.8 Å². The molecule has 0 bridgehead atoms. The highest BCUT2D eigenvalue weighted by Gasteiger charge is 2.12. The summed E-state index contributed by atoms with van der Waals surface area (Å²) in [5.74, 6) is 0.0848. The first-order chi connectivity index (χ1) is 9.81. The van der Waals surface area contributed by atoms with E-state index < -0.39 is 5.97 Å². The van der Waals surface area contributed by atoms with Crippen molar-refractivity contribution in [3.63, 3.8) is 0 Å². The van der Waals surface area contributed by atoms with Gasteiger partial charge in [-0.3, -0.25) is 4.98 Å². The molecule has 0 N–H and O–H groups in total. The average molecular weight is 385 g/mol. The number of methoxy groups -OCH3 is 1. The molecule has 1 aromatic carbocycles. The van der Waals surface area contributed by atoms with Crippen LogP contribution >= 0.6 is 22.6 Å². The number of halogens is 1. The molecule has 0 amide bonds. The predicted octanol–water partition coefficient (Wildman–Crippen LogP) is 3.50. The topological polar surface area (TPSA) is 48.4 Å². The van der Waals surface area contributed by atoms with Gasteiger partial charge in [0.25, 0.3) is 0 Å². The Morgan fingerprint density at radius 2 is 1.85 bits per heavy atom. The number of hydrogen-bond acceptors (Lipinski definition) is 4. The van der Waals surface area contributed by atoms with Gasteiger partial charge < -0.3 is 9.47 Å². The molecule has 2 rings (SSSR count). The molecule has 20 heavy (non-hydrogen) atoms. The Balaban J connectivity index is 0.000000956. The van der Waals surface area contributed by atoms with Crippen LogP contribution in [-0.2, 0) is 11.3 Å². The number of carbonyl (C=O) groups is 1. The molecule has 4 nitrogen and oxygen atoms in total. The van der Waals surface area contributed by atoms with Gasteiger partial charge in [-0.2, -0.15) is 0 Å². The van der Waals surface area contributed by atoms with E-state index in [1.807, 2.05) is 17.1 Å². The standard InChI is InChI=1S/C14H13NO3.CH3I/c1-17-13-8-3-2-7-12(13)14(16)18-10-11-6-4-5-9-15-11;1-2/h2-9H,10H2,1H3;1H3. The predicted molar refractivity (Wildman–Crippen MR) is 86.3 cm³/mol. The summed E-state index contributed by atoms with van der Waals surface area (Å²) in [6.45, 7) is 0.151. The zero-order valence-electron chi connectivity index (χ0n) is 11.4. The number of para-hydroxylation sites is 1. The number of carbonyl (C=O) groups excluding carboxylic acids is 1. The van der Waals surface area contributed by atoms with Crippen LogP contribution in [-0.4, -0.2) is 23.0 Å². The van der Waals surface area contributed by atoms with Crippen LogP contribution in [0, 0.1) is 0 Å². The lowest BCUT2D eigenvalue weighted by Gasteiger charge is -2.08. The molecule has 0 spiro atoms. The number of benzene rings is 1. The molecular formula is C15H16INO3. The minimum atomic E-state index is -0.418. The quantitative estimate of drug-likeness (QED) is 0.459. The van der Waals surface area contributed by atoms with Crippen molar-refractivity contribution in [2.45, 2.75) is 6.61 Å². The van der Waals surface area contributed by atoms with Crippen LogP contribution < -0.4 is 4.74 Å². The number of ether oxygens (including phenoxy) is 2. The van der Waals surface area contributed by atoms with Crippen molar-refractivity contribution in [3.8, 4) is 5.75 Å². The van der Waals surface area contributed by atoms with E-state index in [-0.39, 0.29) is 6.61 Å². The van der Waals surface area contributed by atoms with Crippen molar-refractivity contribution in [2.24, 2.45) is 0 Å². The summed E-state index contributed by atoms with van der Waals surface area (Å²) >= 11 is 2.15. The fraction of sp³-hybridized carbons (Fsp3) is 0.200. The van der Waals surface area contributed by atoms with Crippen LogP contribution in [0.1, 0.15) is 16.1 Å². The van der Waals surface area contributed by atoms with Gasteiger partial charge in [0, 0.05) is 6.20 Å². The maximum atomic E-state index is 11.9. The summed E-state index contributed by atoms with van der Waals surface area (Å²) in [6, 6.07) is 12.4. The number of nitrogens with zero attached hydrogens (tertiary/aromatic N) is 1. The Labute approximate surface area is 132 Å². The van der Waals surface area contributed by atoms with E-state index in [0.29, 0.717) is 17.0 Å². The zero-order valence-corrected chi connectivity index (χ0v) is 13.5. The highest BCUT2D eigenvalue weighted by Crippen LogP contribution is 2.18. The number of alkyl halides is 1. The molecule has 0 atom stereocenters. The molecule has 0 aliphatic carbocycles. The largest absolute Gasteiger partial charge is 0.496 e. The van der Waals surface area contributed by atoms with E-state index in [2.05, 4.69) is 27.6 Å². The molecule has 2 aromatic rings. The van der Waals surface area contributed by atoms with E-state index in [1.54, 1.807) is 36.5 Å². The molecule has 0 radical (unpaired) electrons. The van der Waals surface area contributed by atoms with Crippen LogP contribution in [0.5, 0.6) is 5.75 Å². The monoisotopic (exact) mass is 385 g/mol. The minimum absolute atomic E-state index is 0.151. The van der Waals surface area contributed by atoms with Crippen molar-refractivity contribution in [2.75, 3.05) is 12.0 Å². The third kappa shape index (κ3) is 4.80. The normalized spacial score (nSPS) is 9.15. The average Bonchev–Trinajstić information content (AvgIpc) is 2.55. The molecule has 106 valence electrons. The van der Waals surface area contributed by atoms with Crippen LogP contribution in [0.2, 0.25) is 0 Å². The van der Waals surface area contributed by atoms with E-state index >= 15 is 0 Å². The second-order valence-corrected chi connectivity index (χ2v) is 3.60. The SMILES string of the molecule is CI.COc1ccccc1C(=O)OCc1ccccn1. The Morgan fingerprint density at radius 3 is 2.50 bits per heavy atom. The molecule has 1 aromatic heterocycles. The van der Waals surface area contributed by atoms with Crippen molar-refractivity contribution >= 4 is 28.6 Å². The van der Waals surface area contributed by atoms with Gasteiger partial charge in [-0.25, -0.2) is 4.79 Å². The third-order valence-electron chi connectivity index (χ3n) is 2.40. The molecule has 5 heteroatoms. The highest BCUT2D eigenvalue weighted by molar-refractivity contribution is 14.1. The summed E-state index contributed by atoms with van der Waals surface area (Å²) in [4.78, 5) is 17.9. The maximum Gasteiger partial charge on any atom is 0.342 e. The summed E-state index contributed by atoms with van der Waals surface area (Å²) in [7, 11) is 1.52. The number of pyridine rings is 1. The minimum Gasteiger partial charge on any atom is -0.496 e. The van der Waals surface area contributed by atoms with Gasteiger partial charge in [-0.05, 0) is 29.2 Å². The molecule has 0 saturated heterocycles. The second kappa shape index (κ2) is 9.30. The first kappa shape index (κ1) is 16.4. The summed E-state index contributed by atoms with van der Waals surface area (Å²) in [6.07, 6.45) is 1.66. The second-order valence-electron chi connectivity index (χ2n) is 3.60. The lowest BCUT2D eigenvalue weighted by atomic mass is 10.2. The Kier molecular flexibility index (Phi) is 7.64. The third-order valence-corrected chi connectivity index (χ3v) is 2.40. The Hall–Kier alpha value is -1.63. The zero-order chi connectivity index (χ0) is 14.8. The molecule has 1 heterocycles. The van der Waals surface area contributed by atoms with Crippen molar-refractivity contribution < 1.29 is 14.3 Å². The van der Waals surface area contributed by atoms with Gasteiger partial charge >= 0.3 is 5.97 Å². The number of rotatable bonds is 4. The highest BCUT2D eigenvalue weighted by atomic mass is 127. The fourth-order valence-electron chi connectivity index (χ4n) is 1.51. The smallest absolute Gasteiger partial charge is 0.342 e. The summed E-state index contributed by atoms with van der Waals surface area (Å²) in [5, 5.41) is 0. The molecule has 0 aliphatic rings. The van der Waals surface area contributed by atoms with E-state index in [1.165, 1.54) is 7.11 Å². The van der Waals surface area contributed by atoms with Gasteiger partial charge in [-0.1, -0.05) is 40.8 Å². The van der Waals surface area contributed by atoms with E-state index in [4.69, 9.17) is 9.47 Å². The number of hydrogen-bond donors (Lipinski definition) is 0. The summed E-state index contributed by atoms with van der Waals surface area (Å²) < 4.78 is 10.3. The van der Waals surface area contributed by atoms with E-state index in [0.717, 1.165) is 0 Å². The van der Waals surface area contributed by atoms with Crippen LogP contribution in [0.25, 0.3) is 0 Å². The van der Waals surface area contributed by atoms with Gasteiger partial charge in [0.1, 0.15) is 17.9 Å². The molecular weight excluding hydrogens is 369 g/mol. The lowest BCUT2D eigenvalue weighted by Crippen LogP contribution is -2.07. The first-order valence-electron chi connectivity index (χ1n) is 5.89.